The smallest absolute Gasteiger partial charge is 0.276 e. The number of aryl methyl sites for hydroxylation is 4. The van der Waals surface area contributed by atoms with Crippen LogP contribution < -0.4 is 20.5 Å². The fourth-order valence-corrected chi connectivity index (χ4v) is 5.63. The van der Waals surface area contributed by atoms with E-state index >= 15 is 0 Å². The fraction of sp³-hybridized carbons (Fsp3) is 0.121. The molecule has 7 rings (SSSR count). The van der Waals surface area contributed by atoms with Crippen molar-refractivity contribution >= 4 is 57.9 Å². The Bertz CT molecular complexity index is 1990. The van der Waals surface area contributed by atoms with Crippen LogP contribution in [0.5, 0.6) is 0 Å². The minimum absolute atomic E-state index is 0.393. The van der Waals surface area contributed by atoms with Crippen molar-refractivity contribution in [2.45, 2.75) is 27.7 Å². The fourth-order valence-electron chi connectivity index (χ4n) is 5.63. The SMILES string of the molecule is Cc1cccc(C)c1N1C(=C/C=c2/nncc3c2=NC(=O)C=N3)N(c2c(C)cccc2C)c2nc3ccccc3nc21. The van der Waals surface area contributed by atoms with Gasteiger partial charge in [-0.2, -0.15) is 5.10 Å². The van der Waals surface area contributed by atoms with Crippen molar-refractivity contribution in [1.29, 1.82) is 0 Å². The molecule has 204 valence electrons. The molecule has 0 aliphatic carbocycles. The first kappa shape index (κ1) is 25.4. The maximum absolute atomic E-state index is 12.1. The van der Waals surface area contributed by atoms with E-state index in [-0.39, 0.29) is 0 Å². The van der Waals surface area contributed by atoms with E-state index in [2.05, 4.69) is 94.1 Å². The lowest BCUT2D eigenvalue weighted by molar-refractivity contribution is -0.111. The highest BCUT2D eigenvalue weighted by molar-refractivity contribution is 6.27. The van der Waals surface area contributed by atoms with Crippen LogP contribution in [0.15, 0.2) is 88.7 Å². The topological polar surface area (TPSA) is 99.8 Å². The van der Waals surface area contributed by atoms with Gasteiger partial charge in [-0.3, -0.25) is 14.6 Å². The van der Waals surface area contributed by atoms with Crippen LogP contribution >= 0.6 is 0 Å². The van der Waals surface area contributed by atoms with Gasteiger partial charge >= 0.3 is 0 Å². The predicted octanol–water partition coefficient (Wildman–Crippen LogP) is 5.13. The van der Waals surface area contributed by atoms with Crippen molar-refractivity contribution in [1.82, 2.24) is 20.2 Å². The molecule has 0 spiro atoms. The molecule has 3 aromatic carbocycles. The van der Waals surface area contributed by atoms with Gasteiger partial charge in [0.15, 0.2) is 11.6 Å². The highest BCUT2D eigenvalue weighted by Crippen LogP contribution is 2.51. The summed E-state index contributed by atoms with van der Waals surface area (Å²) in [4.78, 5) is 35.1. The molecule has 0 saturated carbocycles. The summed E-state index contributed by atoms with van der Waals surface area (Å²) in [6.45, 7) is 8.39. The summed E-state index contributed by atoms with van der Waals surface area (Å²) >= 11 is 0. The maximum Gasteiger partial charge on any atom is 0.288 e. The standard InChI is InChI=1S/C33H26N8O/c1-19-9-7-10-20(2)30(19)40-28(16-15-25-29-26(17-35-39-25)34-18-27(42)38-29)41(31-21(3)11-8-12-22(31)4)33-32(40)36-23-13-5-6-14-24(23)37-33/h5-18H,1-4H3/b25-15+. The van der Waals surface area contributed by atoms with Crippen molar-refractivity contribution < 1.29 is 4.79 Å². The van der Waals surface area contributed by atoms with Gasteiger partial charge < -0.3 is 0 Å². The lowest BCUT2D eigenvalue weighted by atomic mass is 10.1. The third kappa shape index (κ3) is 4.05. The predicted molar refractivity (Wildman–Crippen MR) is 164 cm³/mol. The number of fused-ring (bicyclic) bond motifs is 3. The Morgan fingerprint density at radius 2 is 1.24 bits per heavy atom. The molecule has 2 aromatic heterocycles. The zero-order chi connectivity index (χ0) is 29.0. The first-order chi connectivity index (χ1) is 20.4. The Morgan fingerprint density at radius 1 is 0.690 bits per heavy atom. The van der Waals surface area contributed by atoms with Gasteiger partial charge in [0, 0.05) is 0 Å². The van der Waals surface area contributed by atoms with Gasteiger partial charge in [0.05, 0.1) is 34.8 Å². The quantitative estimate of drug-likeness (QED) is 0.307. The molecule has 0 atom stereocenters. The summed E-state index contributed by atoms with van der Waals surface area (Å²) in [6.07, 6.45) is 6.48. The van der Waals surface area contributed by atoms with E-state index in [4.69, 9.17) is 9.97 Å². The summed E-state index contributed by atoms with van der Waals surface area (Å²) in [7, 11) is 0. The molecule has 5 aromatic rings. The Morgan fingerprint density at radius 3 is 1.79 bits per heavy atom. The number of aliphatic imine (C=N–C) groups is 1. The van der Waals surface area contributed by atoms with Crippen LogP contribution in [-0.4, -0.2) is 32.3 Å². The van der Waals surface area contributed by atoms with Crippen molar-refractivity contribution in [3.63, 3.8) is 0 Å². The van der Waals surface area contributed by atoms with E-state index in [1.807, 2.05) is 36.4 Å². The molecule has 1 amide bonds. The molecule has 4 heterocycles. The first-order valence-electron chi connectivity index (χ1n) is 13.6. The molecule has 0 saturated heterocycles. The highest BCUT2D eigenvalue weighted by Gasteiger charge is 2.38. The number of aromatic nitrogens is 4. The number of benzene rings is 3. The Balaban J connectivity index is 1.59. The van der Waals surface area contributed by atoms with Crippen LogP contribution in [0.1, 0.15) is 22.3 Å². The second-order valence-electron chi connectivity index (χ2n) is 10.4. The van der Waals surface area contributed by atoms with Gasteiger partial charge in [0.25, 0.3) is 5.91 Å². The van der Waals surface area contributed by atoms with E-state index in [0.29, 0.717) is 16.4 Å². The number of carbonyl (C=O) groups excluding carboxylic acids is 1. The zero-order valence-corrected chi connectivity index (χ0v) is 23.6. The van der Waals surface area contributed by atoms with Crippen LogP contribution in [0.4, 0.5) is 28.7 Å². The number of nitrogens with zero attached hydrogens (tertiary/aromatic N) is 8. The number of allylic oxidation sites excluding steroid dienone is 1. The number of rotatable bonds is 3. The molecule has 42 heavy (non-hydrogen) atoms. The minimum Gasteiger partial charge on any atom is -0.276 e. The molecule has 2 aliphatic heterocycles. The average Bonchev–Trinajstić information content (AvgIpc) is 3.27. The lowest BCUT2D eigenvalue weighted by Crippen LogP contribution is -2.33. The molecule has 0 fully saturated rings. The summed E-state index contributed by atoms with van der Waals surface area (Å²) in [5.74, 6) is 1.82. The summed E-state index contributed by atoms with van der Waals surface area (Å²) < 4.78 is 0. The molecule has 0 N–H and O–H groups in total. The normalized spacial score (nSPS) is 14.3. The van der Waals surface area contributed by atoms with Gasteiger partial charge in [-0.1, -0.05) is 48.5 Å². The van der Waals surface area contributed by atoms with E-state index in [1.54, 1.807) is 0 Å². The largest absolute Gasteiger partial charge is 0.288 e. The molecule has 0 radical (unpaired) electrons. The van der Waals surface area contributed by atoms with Crippen LogP contribution in [0.2, 0.25) is 0 Å². The third-order valence-electron chi connectivity index (χ3n) is 7.50. The molecule has 0 unspecified atom stereocenters. The first-order valence-corrected chi connectivity index (χ1v) is 13.6. The number of anilines is 4. The zero-order valence-electron chi connectivity index (χ0n) is 23.6. The van der Waals surface area contributed by atoms with Gasteiger partial charge in [-0.25, -0.2) is 20.0 Å². The minimum atomic E-state index is -0.430. The van der Waals surface area contributed by atoms with Crippen LogP contribution in [0, 0.1) is 27.7 Å². The number of para-hydroxylation sites is 4. The van der Waals surface area contributed by atoms with E-state index in [1.165, 1.54) is 12.4 Å². The van der Waals surface area contributed by atoms with Crippen LogP contribution in [-0.2, 0) is 4.79 Å². The van der Waals surface area contributed by atoms with E-state index < -0.39 is 5.91 Å². The molecule has 2 aliphatic rings. The van der Waals surface area contributed by atoms with Crippen molar-refractivity contribution in [3.05, 3.63) is 112 Å². The van der Waals surface area contributed by atoms with Gasteiger partial charge in [-0.05, 0) is 74.2 Å². The van der Waals surface area contributed by atoms with Crippen LogP contribution in [0.25, 0.3) is 17.1 Å². The highest BCUT2D eigenvalue weighted by atomic mass is 16.1. The average molecular weight is 551 g/mol. The van der Waals surface area contributed by atoms with Gasteiger partial charge in [-0.15, -0.1) is 5.10 Å². The molecular formula is C33H26N8O. The second kappa shape index (κ2) is 9.81. The Kier molecular flexibility index (Phi) is 5.93. The van der Waals surface area contributed by atoms with Crippen molar-refractivity contribution in [3.8, 4) is 0 Å². The van der Waals surface area contributed by atoms with Crippen molar-refractivity contribution in [2.75, 3.05) is 9.80 Å². The van der Waals surface area contributed by atoms with Gasteiger partial charge in [0.2, 0.25) is 0 Å². The summed E-state index contributed by atoms with van der Waals surface area (Å²) in [5, 5.41) is 9.25. The number of carbonyl (C=O) groups is 1. The monoisotopic (exact) mass is 550 g/mol. The number of hydrogen-bond acceptors (Lipinski definition) is 8. The molecule has 9 nitrogen and oxygen atoms in total. The molecular weight excluding hydrogens is 524 g/mol. The van der Waals surface area contributed by atoms with Crippen LogP contribution in [0.3, 0.4) is 0 Å². The van der Waals surface area contributed by atoms with Gasteiger partial charge in [0.1, 0.15) is 22.2 Å². The number of hydrogen-bond donors (Lipinski definition) is 0. The summed E-state index contributed by atoms with van der Waals surface area (Å²) in [6, 6.07) is 20.4. The molecule has 0 bridgehead atoms. The van der Waals surface area contributed by atoms with E-state index in [0.717, 1.165) is 62.1 Å². The lowest BCUT2D eigenvalue weighted by Gasteiger charge is -2.28. The Labute approximate surface area is 241 Å². The summed E-state index contributed by atoms with van der Waals surface area (Å²) in [5.41, 5.74) is 8.51. The second-order valence-corrected chi connectivity index (χ2v) is 10.4. The number of amides is 1. The maximum atomic E-state index is 12.1. The third-order valence-corrected chi connectivity index (χ3v) is 7.50. The molecule has 9 heteroatoms. The van der Waals surface area contributed by atoms with Crippen molar-refractivity contribution in [2.24, 2.45) is 9.98 Å². The van der Waals surface area contributed by atoms with E-state index in [9.17, 15) is 4.79 Å². The Hall–Kier alpha value is -5.57.